The van der Waals surface area contributed by atoms with Crippen LogP contribution in [0.15, 0.2) is 60.3 Å². The van der Waals surface area contributed by atoms with E-state index in [1.54, 1.807) is 0 Å². The van der Waals surface area contributed by atoms with E-state index in [0.29, 0.717) is 37.5 Å². The molecule has 2 amide bonds. The first-order valence-corrected chi connectivity index (χ1v) is 11.2. The van der Waals surface area contributed by atoms with Crippen LogP contribution >= 0.6 is 0 Å². The molecular weight excluding hydrogens is 388 g/mol. The highest BCUT2D eigenvalue weighted by atomic mass is 16.5. The van der Waals surface area contributed by atoms with Crippen molar-refractivity contribution in [3.63, 3.8) is 0 Å². The number of nitrogens with zero attached hydrogens (tertiary/aromatic N) is 2. The molecule has 0 aliphatic carbocycles. The lowest BCUT2D eigenvalue weighted by atomic mass is 10.0. The summed E-state index contributed by atoms with van der Waals surface area (Å²) >= 11 is 0. The highest BCUT2D eigenvalue weighted by Gasteiger charge is 2.40. The maximum absolute atomic E-state index is 13.4. The molecule has 5 heteroatoms. The number of benzene rings is 2. The van der Waals surface area contributed by atoms with Crippen molar-refractivity contribution in [2.75, 3.05) is 19.7 Å². The molecule has 0 fully saturated rings. The Morgan fingerprint density at radius 2 is 1.58 bits per heavy atom. The fourth-order valence-corrected chi connectivity index (χ4v) is 3.73. The van der Waals surface area contributed by atoms with Crippen LogP contribution in [0.25, 0.3) is 5.57 Å². The van der Waals surface area contributed by atoms with Crippen molar-refractivity contribution in [3.8, 4) is 5.75 Å². The fourth-order valence-electron chi connectivity index (χ4n) is 3.73. The number of ether oxygens (including phenoxy) is 1. The number of rotatable bonds is 11. The van der Waals surface area contributed by atoms with E-state index in [1.807, 2.05) is 66.4 Å². The van der Waals surface area contributed by atoms with E-state index in [2.05, 4.69) is 13.8 Å². The van der Waals surface area contributed by atoms with Gasteiger partial charge in [0.15, 0.2) is 0 Å². The lowest BCUT2D eigenvalue weighted by Gasteiger charge is -2.25. The van der Waals surface area contributed by atoms with Crippen LogP contribution in [0.1, 0.15) is 51.2 Å². The third kappa shape index (κ3) is 5.16. The second-order valence-corrected chi connectivity index (χ2v) is 7.71. The zero-order valence-corrected chi connectivity index (χ0v) is 18.8. The average Bonchev–Trinajstić information content (AvgIpc) is 3.05. The molecular formula is C26H32N2O3. The Balaban J connectivity index is 2.00. The molecule has 1 aliphatic heterocycles. The topological polar surface area (TPSA) is 49.9 Å². The number of unbranched alkanes of at least 4 members (excludes halogenated alkanes) is 1. The number of carbonyl (C=O) groups is 2. The minimum atomic E-state index is -0.206. The van der Waals surface area contributed by atoms with Gasteiger partial charge < -0.3 is 9.64 Å². The summed E-state index contributed by atoms with van der Waals surface area (Å²) in [6.07, 6.45) is 2.65. The molecule has 0 saturated carbocycles. The second kappa shape index (κ2) is 10.8. The van der Waals surface area contributed by atoms with Gasteiger partial charge in [0.05, 0.1) is 12.2 Å². The molecule has 0 radical (unpaired) electrons. The Bertz CT molecular complexity index is 919. The third-order valence-corrected chi connectivity index (χ3v) is 5.41. The summed E-state index contributed by atoms with van der Waals surface area (Å²) in [5.74, 6) is 0.365. The van der Waals surface area contributed by atoms with Crippen LogP contribution in [0, 0.1) is 0 Å². The Morgan fingerprint density at radius 3 is 2.19 bits per heavy atom. The van der Waals surface area contributed by atoms with E-state index < -0.39 is 0 Å². The van der Waals surface area contributed by atoms with Crippen LogP contribution in [0.2, 0.25) is 0 Å². The van der Waals surface area contributed by atoms with Crippen LogP contribution in [-0.4, -0.2) is 41.3 Å². The van der Waals surface area contributed by atoms with Crippen LogP contribution in [0.4, 0.5) is 0 Å². The zero-order chi connectivity index (χ0) is 22.2. The molecule has 3 rings (SSSR count). The van der Waals surface area contributed by atoms with Crippen molar-refractivity contribution in [2.24, 2.45) is 0 Å². The summed E-state index contributed by atoms with van der Waals surface area (Å²) in [6, 6.07) is 17.5. The number of hydrogen-bond donors (Lipinski definition) is 0. The quantitative estimate of drug-likeness (QED) is 0.486. The maximum Gasteiger partial charge on any atom is 0.277 e. The molecule has 1 heterocycles. The number of likely N-dealkylation sites (N-methyl/N-ethyl adjacent to an activating group) is 1. The number of hydrogen-bond acceptors (Lipinski definition) is 4. The van der Waals surface area contributed by atoms with Gasteiger partial charge in [0, 0.05) is 19.6 Å². The lowest BCUT2D eigenvalue weighted by molar-refractivity contribution is -0.137. The molecule has 0 atom stereocenters. The Morgan fingerprint density at radius 1 is 0.871 bits per heavy atom. The molecule has 0 bridgehead atoms. The van der Waals surface area contributed by atoms with Gasteiger partial charge in [-0.2, -0.15) is 0 Å². The van der Waals surface area contributed by atoms with Gasteiger partial charge in [-0.25, -0.2) is 0 Å². The van der Waals surface area contributed by atoms with Gasteiger partial charge in [0.1, 0.15) is 11.4 Å². The van der Waals surface area contributed by atoms with Gasteiger partial charge in [0.2, 0.25) is 0 Å². The van der Waals surface area contributed by atoms with Crippen molar-refractivity contribution in [1.82, 2.24) is 9.80 Å². The normalized spacial score (nSPS) is 13.8. The van der Waals surface area contributed by atoms with E-state index in [-0.39, 0.29) is 11.8 Å². The molecule has 5 nitrogen and oxygen atoms in total. The van der Waals surface area contributed by atoms with Crippen molar-refractivity contribution in [1.29, 1.82) is 0 Å². The van der Waals surface area contributed by atoms with E-state index in [4.69, 9.17) is 4.74 Å². The van der Waals surface area contributed by atoms with Gasteiger partial charge >= 0.3 is 0 Å². The molecule has 0 aromatic heterocycles. The van der Waals surface area contributed by atoms with Crippen LogP contribution in [0.3, 0.4) is 0 Å². The molecule has 0 unspecified atom stereocenters. The summed E-state index contributed by atoms with van der Waals surface area (Å²) in [7, 11) is 0. The number of carbonyl (C=O) groups excluding carboxylic acids is 2. The molecule has 2 aromatic carbocycles. The third-order valence-electron chi connectivity index (χ3n) is 5.41. The summed E-state index contributed by atoms with van der Waals surface area (Å²) in [6.45, 7) is 8.44. The highest BCUT2D eigenvalue weighted by Crippen LogP contribution is 2.33. The first kappa shape index (κ1) is 22.6. The van der Waals surface area contributed by atoms with Crippen LogP contribution in [-0.2, 0) is 16.1 Å². The Labute approximate surface area is 185 Å². The number of amides is 2. The minimum Gasteiger partial charge on any atom is -0.494 e. The van der Waals surface area contributed by atoms with Gasteiger partial charge in [-0.3, -0.25) is 14.5 Å². The van der Waals surface area contributed by atoms with Crippen molar-refractivity contribution < 1.29 is 14.3 Å². The molecule has 0 saturated heterocycles. The largest absolute Gasteiger partial charge is 0.494 e. The molecule has 1 aliphatic rings. The Kier molecular flexibility index (Phi) is 7.88. The predicted molar refractivity (Wildman–Crippen MR) is 123 cm³/mol. The number of imide groups is 1. The van der Waals surface area contributed by atoms with Gasteiger partial charge in [-0.15, -0.1) is 0 Å². The average molecular weight is 421 g/mol. The van der Waals surface area contributed by atoms with Crippen LogP contribution < -0.4 is 4.74 Å². The minimum absolute atomic E-state index is 0.197. The standard InChI is InChI=1S/C26H32N2O3/c1-4-7-17-28-25(29)23(21-13-15-22(16-14-21)31-18-5-2)24(26(28)30)27(6-3)19-20-11-9-8-10-12-20/h8-16H,4-7,17-19H2,1-3H3. The summed E-state index contributed by atoms with van der Waals surface area (Å²) in [5, 5.41) is 0. The Hall–Kier alpha value is -3.08. The van der Waals surface area contributed by atoms with E-state index in [0.717, 1.165) is 36.1 Å². The monoisotopic (exact) mass is 420 g/mol. The van der Waals surface area contributed by atoms with Gasteiger partial charge in [0.25, 0.3) is 11.8 Å². The lowest BCUT2D eigenvalue weighted by Crippen LogP contribution is -2.35. The first-order valence-electron chi connectivity index (χ1n) is 11.2. The smallest absolute Gasteiger partial charge is 0.277 e. The van der Waals surface area contributed by atoms with E-state index in [1.165, 1.54) is 4.90 Å². The maximum atomic E-state index is 13.4. The van der Waals surface area contributed by atoms with Gasteiger partial charge in [-0.1, -0.05) is 62.7 Å². The second-order valence-electron chi connectivity index (χ2n) is 7.71. The predicted octanol–water partition coefficient (Wildman–Crippen LogP) is 4.88. The summed E-state index contributed by atoms with van der Waals surface area (Å²) < 4.78 is 5.68. The molecule has 164 valence electrons. The van der Waals surface area contributed by atoms with Gasteiger partial charge in [-0.05, 0) is 43.0 Å². The van der Waals surface area contributed by atoms with Crippen molar-refractivity contribution >= 4 is 17.4 Å². The van der Waals surface area contributed by atoms with Crippen LogP contribution in [0.5, 0.6) is 5.75 Å². The van der Waals surface area contributed by atoms with E-state index >= 15 is 0 Å². The van der Waals surface area contributed by atoms with Crippen molar-refractivity contribution in [3.05, 3.63) is 71.4 Å². The SMILES string of the molecule is CCCCN1C(=O)C(c2ccc(OCCC)cc2)=C(N(CC)Cc2ccccc2)C1=O. The fraction of sp³-hybridized carbons (Fsp3) is 0.385. The summed E-state index contributed by atoms with van der Waals surface area (Å²) in [5.41, 5.74) is 2.84. The molecule has 31 heavy (non-hydrogen) atoms. The first-order chi connectivity index (χ1) is 15.1. The molecule has 0 N–H and O–H groups in total. The molecule has 0 spiro atoms. The molecule has 2 aromatic rings. The van der Waals surface area contributed by atoms with Crippen molar-refractivity contribution in [2.45, 2.75) is 46.6 Å². The summed E-state index contributed by atoms with van der Waals surface area (Å²) in [4.78, 5) is 30.2. The zero-order valence-electron chi connectivity index (χ0n) is 18.8. The van der Waals surface area contributed by atoms with E-state index in [9.17, 15) is 9.59 Å². The highest BCUT2D eigenvalue weighted by molar-refractivity contribution is 6.35.